The Hall–Kier alpha value is -3.25. The van der Waals surface area contributed by atoms with E-state index < -0.39 is 21.3 Å². The smallest absolute Gasteiger partial charge is 0.286 e. The molecule has 0 saturated carbocycles. The van der Waals surface area contributed by atoms with Crippen LogP contribution in [0.3, 0.4) is 0 Å². The van der Waals surface area contributed by atoms with Crippen LogP contribution in [-0.2, 0) is 16.6 Å². The van der Waals surface area contributed by atoms with E-state index in [1.54, 1.807) is 5.51 Å². The van der Waals surface area contributed by atoms with Crippen molar-refractivity contribution < 1.29 is 13.5 Å². The van der Waals surface area contributed by atoms with Gasteiger partial charge in [0, 0.05) is 18.4 Å². The van der Waals surface area contributed by atoms with Crippen LogP contribution in [0.25, 0.3) is 10.6 Å². The minimum absolute atomic E-state index is 0.104. The van der Waals surface area contributed by atoms with Crippen molar-refractivity contribution in [2.24, 2.45) is 10.3 Å². The van der Waals surface area contributed by atoms with Crippen molar-refractivity contribution >= 4 is 38.6 Å². The highest BCUT2D eigenvalue weighted by atomic mass is 32.2. The maximum atomic E-state index is 13.2. The zero-order valence-corrected chi connectivity index (χ0v) is 18.4. The van der Waals surface area contributed by atoms with E-state index >= 15 is 0 Å². The second kappa shape index (κ2) is 7.78. The molecule has 31 heavy (non-hydrogen) atoms. The quantitative estimate of drug-likeness (QED) is 0.490. The summed E-state index contributed by atoms with van der Waals surface area (Å²) >= 11 is 1.23. The number of amidine groups is 1. The van der Waals surface area contributed by atoms with Crippen molar-refractivity contribution in [3.05, 3.63) is 45.8 Å². The number of nitrogen functional groups attached to an aromatic ring is 1. The fourth-order valence-corrected chi connectivity index (χ4v) is 4.85. The summed E-state index contributed by atoms with van der Waals surface area (Å²) in [6.45, 7) is 4.32. The number of rotatable bonds is 5. The highest BCUT2D eigenvalue weighted by Gasteiger charge is 2.31. The standard InChI is InChI=1S/C19H20N6O4S2/c1-10(2)5-6-25-19(27)15(17(26)16(23-25)13-8-21-9-30-13)18-22-12-4-3-11(20)7-14(12)31(28,29)24-18/h3-4,7-10,26H,5-6,20H2,1-2H3,(H,22,24). The van der Waals surface area contributed by atoms with Crippen LogP contribution in [0.2, 0.25) is 0 Å². The molecule has 0 aliphatic carbocycles. The second-order valence-corrected chi connectivity index (χ2v) is 9.90. The van der Waals surface area contributed by atoms with E-state index in [2.05, 4.69) is 19.8 Å². The van der Waals surface area contributed by atoms with Crippen LogP contribution in [0.4, 0.5) is 11.4 Å². The van der Waals surface area contributed by atoms with Crippen LogP contribution in [0.5, 0.6) is 5.75 Å². The summed E-state index contributed by atoms with van der Waals surface area (Å²) in [6, 6.07) is 4.30. The monoisotopic (exact) mass is 460 g/mol. The van der Waals surface area contributed by atoms with Crippen molar-refractivity contribution in [3.63, 3.8) is 0 Å². The lowest BCUT2D eigenvalue weighted by Gasteiger charge is -2.20. The number of sulfonamides is 1. The summed E-state index contributed by atoms with van der Waals surface area (Å²) in [5, 5.41) is 18.1. The van der Waals surface area contributed by atoms with Crippen LogP contribution < -0.4 is 16.6 Å². The van der Waals surface area contributed by atoms with Gasteiger partial charge in [-0.3, -0.25) is 9.78 Å². The molecule has 4 N–H and O–H groups in total. The van der Waals surface area contributed by atoms with Gasteiger partial charge in [-0.25, -0.2) is 4.68 Å². The van der Waals surface area contributed by atoms with Crippen molar-refractivity contribution in [2.75, 3.05) is 11.1 Å². The number of anilines is 2. The lowest BCUT2D eigenvalue weighted by molar-refractivity contribution is 0.444. The van der Waals surface area contributed by atoms with E-state index in [-0.39, 0.29) is 33.4 Å². The molecule has 10 nitrogen and oxygen atoms in total. The number of hydrogen-bond donors (Lipinski definition) is 3. The van der Waals surface area contributed by atoms with Gasteiger partial charge in [0.1, 0.15) is 16.2 Å². The van der Waals surface area contributed by atoms with Crippen LogP contribution in [0.1, 0.15) is 25.8 Å². The van der Waals surface area contributed by atoms with Gasteiger partial charge in [-0.05, 0) is 30.5 Å². The predicted octanol–water partition coefficient (Wildman–Crippen LogP) is 2.26. The van der Waals surface area contributed by atoms with Gasteiger partial charge >= 0.3 is 0 Å². The normalized spacial score (nSPS) is 14.7. The molecular weight excluding hydrogens is 440 g/mol. The molecule has 0 bridgehead atoms. The Kier molecular flexibility index (Phi) is 5.27. The van der Waals surface area contributed by atoms with Gasteiger partial charge in [0.25, 0.3) is 15.6 Å². The molecular formula is C19H20N6O4S2. The van der Waals surface area contributed by atoms with E-state index in [9.17, 15) is 18.3 Å². The topological polar surface area (TPSA) is 153 Å². The molecule has 0 fully saturated rings. The maximum absolute atomic E-state index is 13.2. The van der Waals surface area contributed by atoms with Gasteiger partial charge in [0.15, 0.2) is 11.6 Å². The van der Waals surface area contributed by atoms with Gasteiger partial charge < -0.3 is 16.2 Å². The molecule has 3 heterocycles. The minimum Gasteiger partial charge on any atom is -0.505 e. The number of aromatic hydroxyl groups is 1. The Labute approximate surface area is 182 Å². The molecule has 1 aromatic carbocycles. The highest BCUT2D eigenvalue weighted by Crippen LogP contribution is 2.34. The summed E-state index contributed by atoms with van der Waals surface area (Å²) in [7, 11) is -4.14. The van der Waals surface area contributed by atoms with Crippen molar-refractivity contribution in [1.29, 1.82) is 0 Å². The molecule has 0 amide bonds. The molecule has 1 aliphatic rings. The molecule has 0 atom stereocenters. The molecule has 0 unspecified atom stereocenters. The number of aryl methyl sites for hydroxylation is 1. The molecule has 0 saturated heterocycles. The number of thiazole rings is 1. The summed E-state index contributed by atoms with van der Waals surface area (Å²) < 4.78 is 30.5. The zero-order chi connectivity index (χ0) is 22.3. The summed E-state index contributed by atoms with van der Waals surface area (Å²) in [5.41, 5.74) is 6.96. The number of nitrogens with two attached hydrogens (primary N) is 1. The molecule has 0 spiro atoms. The van der Waals surface area contributed by atoms with Crippen molar-refractivity contribution in [3.8, 4) is 16.3 Å². The van der Waals surface area contributed by atoms with Gasteiger partial charge in [-0.15, -0.1) is 15.7 Å². The Bertz CT molecular complexity index is 1340. The number of fused-ring (bicyclic) bond motifs is 1. The van der Waals surface area contributed by atoms with E-state index in [0.29, 0.717) is 23.8 Å². The molecule has 162 valence electrons. The van der Waals surface area contributed by atoms with E-state index in [0.717, 1.165) is 0 Å². The summed E-state index contributed by atoms with van der Waals surface area (Å²) in [5.74, 6) is -0.428. The first-order valence-electron chi connectivity index (χ1n) is 9.42. The second-order valence-electron chi connectivity index (χ2n) is 7.44. The van der Waals surface area contributed by atoms with E-state index in [4.69, 9.17) is 5.73 Å². The van der Waals surface area contributed by atoms with E-state index in [1.165, 1.54) is 40.4 Å². The lowest BCUT2D eigenvalue weighted by Crippen LogP contribution is -2.34. The molecule has 1 aliphatic heterocycles. The molecule has 12 heteroatoms. The lowest BCUT2D eigenvalue weighted by atomic mass is 10.1. The van der Waals surface area contributed by atoms with Gasteiger partial charge in [-0.2, -0.15) is 13.5 Å². The number of benzene rings is 1. The first-order chi connectivity index (χ1) is 14.7. The average Bonchev–Trinajstić information content (AvgIpc) is 3.22. The summed E-state index contributed by atoms with van der Waals surface area (Å²) in [4.78, 5) is 17.6. The Morgan fingerprint density at radius 3 is 2.77 bits per heavy atom. The largest absolute Gasteiger partial charge is 0.505 e. The Balaban J connectivity index is 1.93. The van der Waals surface area contributed by atoms with Crippen LogP contribution >= 0.6 is 11.3 Å². The zero-order valence-electron chi connectivity index (χ0n) is 16.7. The van der Waals surface area contributed by atoms with Crippen molar-refractivity contribution in [2.45, 2.75) is 31.7 Å². The first-order valence-corrected chi connectivity index (χ1v) is 11.7. The highest BCUT2D eigenvalue weighted by molar-refractivity contribution is 7.90. The molecule has 2 aromatic heterocycles. The maximum Gasteiger partial charge on any atom is 0.286 e. The Morgan fingerprint density at radius 2 is 2.10 bits per heavy atom. The third kappa shape index (κ3) is 3.91. The van der Waals surface area contributed by atoms with Crippen LogP contribution in [0, 0.1) is 5.92 Å². The van der Waals surface area contributed by atoms with E-state index in [1.807, 2.05) is 13.8 Å². The van der Waals surface area contributed by atoms with Crippen LogP contribution in [-0.4, -0.2) is 34.1 Å². The van der Waals surface area contributed by atoms with Crippen LogP contribution in [0.15, 0.2) is 44.0 Å². The van der Waals surface area contributed by atoms with Gasteiger partial charge in [-0.1, -0.05) is 13.8 Å². The first kappa shape index (κ1) is 21.0. The number of hydrogen-bond acceptors (Lipinski definition) is 9. The summed E-state index contributed by atoms with van der Waals surface area (Å²) in [6.07, 6.45) is 2.18. The molecule has 4 rings (SSSR count). The Morgan fingerprint density at radius 1 is 1.32 bits per heavy atom. The SMILES string of the molecule is CC(C)CCn1nc(-c2cncs2)c(O)c(C2=NS(=O)(=O)c3cc(N)ccc3N2)c1=O. The molecule has 3 aromatic rings. The third-order valence-electron chi connectivity index (χ3n) is 4.70. The van der Waals surface area contributed by atoms with Gasteiger partial charge in [0.2, 0.25) is 0 Å². The molecule has 0 radical (unpaired) electrons. The number of aromatic nitrogens is 3. The number of nitrogens with zero attached hydrogens (tertiary/aromatic N) is 4. The predicted molar refractivity (Wildman–Crippen MR) is 119 cm³/mol. The minimum atomic E-state index is -4.14. The average molecular weight is 461 g/mol. The van der Waals surface area contributed by atoms with Gasteiger partial charge in [0.05, 0.1) is 16.1 Å². The number of nitrogens with one attached hydrogen (secondary N) is 1. The van der Waals surface area contributed by atoms with Crippen molar-refractivity contribution in [1.82, 2.24) is 14.8 Å². The fraction of sp³-hybridized carbons (Fsp3) is 0.263. The fourth-order valence-electron chi connectivity index (χ4n) is 3.09. The third-order valence-corrected chi connectivity index (χ3v) is 6.80.